The number of carbonyl (C=O) groups excluding carboxylic acids is 1. The van der Waals surface area contributed by atoms with E-state index in [4.69, 9.17) is 9.47 Å². The van der Waals surface area contributed by atoms with Gasteiger partial charge in [0.15, 0.2) is 11.5 Å². The third-order valence-corrected chi connectivity index (χ3v) is 4.29. The van der Waals surface area contributed by atoms with Crippen LogP contribution in [0.25, 0.3) is 0 Å². The largest absolute Gasteiger partial charge is 0.486 e. The van der Waals surface area contributed by atoms with E-state index in [-0.39, 0.29) is 11.8 Å². The Morgan fingerprint density at radius 2 is 2.05 bits per heavy atom. The fourth-order valence-corrected chi connectivity index (χ4v) is 3.03. The fraction of sp³-hybridized carbons (Fsp3) is 0.500. The molecule has 1 heterocycles. The Hall–Kier alpha value is -1.97. The third kappa shape index (κ3) is 3.26. The minimum absolute atomic E-state index is 0.141. The Morgan fingerprint density at radius 1 is 1.23 bits per heavy atom. The van der Waals surface area contributed by atoms with Crippen LogP contribution in [-0.4, -0.2) is 30.6 Å². The molecule has 3 rings (SSSR count). The van der Waals surface area contributed by atoms with Gasteiger partial charge in [-0.3, -0.25) is 4.79 Å². The lowest BCUT2D eigenvalue weighted by atomic mass is 9.93. The first-order valence-electron chi connectivity index (χ1n) is 8.10. The molecule has 0 bridgehead atoms. The number of amides is 1. The molecule has 1 amide bonds. The van der Waals surface area contributed by atoms with Crippen LogP contribution in [0.1, 0.15) is 31.7 Å². The number of fused-ring (bicyclic) bond motifs is 1. The molecular weight excluding hydrogens is 278 g/mol. The summed E-state index contributed by atoms with van der Waals surface area (Å²) < 4.78 is 11.2. The first-order valence-corrected chi connectivity index (χ1v) is 8.10. The smallest absolute Gasteiger partial charge is 0.226 e. The van der Waals surface area contributed by atoms with E-state index in [0.29, 0.717) is 19.8 Å². The predicted octanol–water partition coefficient (Wildman–Crippen LogP) is 3.16. The molecule has 1 aromatic rings. The standard InChI is InChI=1S/C18H23NO3/c1-2-19(18(20)15-6-4-3-5-7-15)13-14-8-9-16-17(12-14)22-11-10-21-16/h3-4,8-9,12,15H,2,5-7,10-11,13H2,1H3/t15-/m1/s1. The van der Waals surface area contributed by atoms with E-state index in [2.05, 4.69) is 12.2 Å². The first kappa shape index (κ1) is 14.9. The average molecular weight is 301 g/mol. The predicted molar refractivity (Wildman–Crippen MR) is 85.0 cm³/mol. The average Bonchev–Trinajstić information content (AvgIpc) is 2.59. The summed E-state index contributed by atoms with van der Waals surface area (Å²) in [6, 6.07) is 5.95. The van der Waals surface area contributed by atoms with Crippen molar-refractivity contribution >= 4 is 5.91 Å². The number of ether oxygens (including phenoxy) is 2. The lowest BCUT2D eigenvalue weighted by molar-refractivity contribution is -0.136. The molecule has 1 atom stereocenters. The second kappa shape index (κ2) is 6.86. The minimum atomic E-state index is 0.141. The Morgan fingerprint density at radius 3 is 2.77 bits per heavy atom. The minimum Gasteiger partial charge on any atom is -0.486 e. The molecule has 0 radical (unpaired) electrons. The van der Waals surface area contributed by atoms with E-state index >= 15 is 0 Å². The van der Waals surface area contributed by atoms with Crippen molar-refractivity contribution in [1.82, 2.24) is 4.90 Å². The highest BCUT2D eigenvalue weighted by Crippen LogP contribution is 2.31. The molecule has 4 heteroatoms. The molecule has 0 saturated heterocycles. The highest BCUT2D eigenvalue weighted by atomic mass is 16.6. The van der Waals surface area contributed by atoms with E-state index < -0.39 is 0 Å². The Bertz CT molecular complexity index is 567. The maximum atomic E-state index is 12.7. The van der Waals surface area contributed by atoms with Gasteiger partial charge in [-0.15, -0.1) is 0 Å². The first-order chi connectivity index (χ1) is 10.8. The van der Waals surface area contributed by atoms with Gasteiger partial charge >= 0.3 is 0 Å². The molecule has 0 fully saturated rings. The number of rotatable bonds is 4. The summed E-state index contributed by atoms with van der Waals surface area (Å²) >= 11 is 0. The van der Waals surface area contributed by atoms with Crippen LogP contribution >= 0.6 is 0 Å². The second-order valence-electron chi connectivity index (χ2n) is 5.81. The molecule has 1 aliphatic carbocycles. The molecule has 118 valence electrons. The van der Waals surface area contributed by atoms with Crippen LogP contribution in [0.3, 0.4) is 0 Å². The highest BCUT2D eigenvalue weighted by Gasteiger charge is 2.24. The van der Waals surface area contributed by atoms with Crippen molar-refractivity contribution in [2.45, 2.75) is 32.7 Å². The van der Waals surface area contributed by atoms with Gasteiger partial charge in [0, 0.05) is 19.0 Å². The zero-order valence-electron chi connectivity index (χ0n) is 13.1. The number of nitrogens with zero attached hydrogens (tertiary/aromatic N) is 1. The van der Waals surface area contributed by atoms with Crippen LogP contribution in [0.4, 0.5) is 0 Å². The number of benzene rings is 1. The van der Waals surface area contributed by atoms with Gasteiger partial charge in [0.1, 0.15) is 13.2 Å². The number of hydrogen-bond acceptors (Lipinski definition) is 3. The van der Waals surface area contributed by atoms with Gasteiger partial charge in [0.25, 0.3) is 0 Å². The van der Waals surface area contributed by atoms with Crippen LogP contribution in [0, 0.1) is 5.92 Å². The summed E-state index contributed by atoms with van der Waals surface area (Å²) in [4.78, 5) is 14.6. The van der Waals surface area contributed by atoms with Crippen molar-refractivity contribution in [2.24, 2.45) is 5.92 Å². The second-order valence-corrected chi connectivity index (χ2v) is 5.81. The molecule has 0 saturated carbocycles. The van der Waals surface area contributed by atoms with Crippen LogP contribution in [0.2, 0.25) is 0 Å². The molecule has 0 spiro atoms. The van der Waals surface area contributed by atoms with Crippen molar-refractivity contribution in [3.05, 3.63) is 35.9 Å². The quantitative estimate of drug-likeness (QED) is 0.802. The van der Waals surface area contributed by atoms with E-state index in [1.807, 2.05) is 30.0 Å². The van der Waals surface area contributed by atoms with Gasteiger partial charge < -0.3 is 14.4 Å². The molecule has 4 nitrogen and oxygen atoms in total. The Kier molecular flexibility index (Phi) is 4.66. The molecule has 2 aliphatic rings. The zero-order chi connectivity index (χ0) is 15.4. The summed E-state index contributed by atoms with van der Waals surface area (Å²) in [7, 11) is 0. The van der Waals surface area contributed by atoms with Gasteiger partial charge in [-0.05, 0) is 43.9 Å². The molecule has 0 N–H and O–H groups in total. The van der Waals surface area contributed by atoms with Crippen molar-refractivity contribution in [2.75, 3.05) is 19.8 Å². The van der Waals surface area contributed by atoms with Crippen LogP contribution < -0.4 is 9.47 Å². The third-order valence-electron chi connectivity index (χ3n) is 4.29. The Balaban J connectivity index is 1.69. The van der Waals surface area contributed by atoms with E-state index in [9.17, 15) is 4.79 Å². The molecule has 1 aromatic carbocycles. The van der Waals surface area contributed by atoms with Gasteiger partial charge in [0.05, 0.1) is 0 Å². The summed E-state index contributed by atoms with van der Waals surface area (Å²) in [5.41, 5.74) is 1.09. The number of carbonyl (C=O) groups is 1. The van der Waals surface area contributed by atoms with Gasteiger partial charge in [0.2, 0.25) is 5.91 Å². The molecule has 0 unspecified atom stereocenters. The molecular formula is C18H23NO3. The lowest BCUT2D eigenvalue weighted by Crippen LogP contribution is -2.36. The normalized spacial score (nSPS) is 19.8. The maximum Gasteiger partial charge on any atom is 0.226 e. The Labute approximate surface area is 131 Å². The van der Waals surface area contributed by atoms with E-state index in [0.717, 1.165) is 42.9 Å². The van der Waals surface area contributed by atoms with Crippen molar-refractivity contribution in [1.29, 1.82) is 0 Å². The lowest BCUT2D eigenvalue weighted by Gasteiger charge is -2.27. The van der Waals surface area contributed by atoms with Crippen molar-refractivity contribution < 1.29 is 14.3 Å². The summed E-state index contributed by atoms with van der Waals surface area (Å²) in [6.45, 7) is 4.58. The monoisotopic (exact) mass is 301 g/mol. The fourth-order valence-electron chi connectivity index (χ4n) is 3.03. The number of allylic oxidation sites excluding steroid dienone is 2. The van der Waals surface area contributed by atoms with Crippen LogP contribution in [0.5, 0.6) is 11.5 Å². The maximum absolute atomic E-state index is 12.7. The molecule has 22 heavy (non-hydrogen) atoms. The zero-order valence-corrected chi connectivity index (χ0v) is 13.1. The topological polar surface area (TPSA) is 38.8 Å². The summed E-state index contributed by atoms with van der Waals surface area (Å²) in [5, 5.41) is 0. The molecule has 1 aliphatic heterocycles. The van der Waals surface area contributed by atoms with Crippen LogP contribution in [0.15, 0.2) is 30.4 Å². The summed E-state index contributed by atoms with van der Waals surface area (Å²) in [6.07, 6.45) is 7.15. The van der Waals surface area contributed by atoms with Crippen molar-refractivity contribution in [3.8, 4) is 11.5 Å². The molecule has 0 aromatic heterocycles. The van der Waals surface area contributed by atoms with Gasteiger partial charge in [-0.25, -0.2) is 0 Å². The number of hydrogen-bond donors (Lipinski definition) is 0. The van der Waals surface area contributed by atoms with Gasteiger partial charge in [-0.2, -0.15) is 0 Å². The van der Waals surface area contributed by atoms with E-state index in [1.165, 1.54) is 0 Å². The SMILES string of the molecule is CCN(Cc1ccc2c(c1)OCCO2)C(=O)[C@@H]1CC=CCC1. The summed E-state index contributed by atoms with van der Waals surface area (Å²) in [5.74, 6) is 1.98. The van der Waals surface area contributed by atoms with Crippen LogP contribution in [-0.2, 0) is 11.3 Å². The highest BCUT2D eigenvalue weighted by molar-refractivity contribution is 5.79. The van der Waals surface area contributed by atoms with Crippen molar-refractivity contribution in [3.63, 3.8) is 0 Å². The van der Waals surface area contributed by atoms with Gasteiger partial charge in [-0.1, -0.05) is 18.2 Å². The van der Waals surface area contributed by atoms with E-state index in [1.54, 1.807) is 0 Å².